The molecule has 3 amide bonds. The van der Waals surface area contributed by atoms with E-state index in [1.54, 1.807) is 0 Å². The molecule has 0 radical (unpaired) electrons. The minimum atomic E-state index is -0.513. The van der Waals surface area contributed by atoms with Crippen molar-refractivity contribution in [3.8, 4) is 0 Å². The van der Waals surface area contributed by atoms with Gasteiger partial charge in [-0.3, -0.25) is 15.0 Å². The molecule has 29 heavy (non-hydrogen) atoms. The van der Waals surface area contributed by atoms with E-state index in [-0.39, 0.29) is 18.6 Å². The molecule has 0 aromatic heterocycles. The van der Waals surface area contributed by atoms with Gasteiger partial charge in [-0.2, -0.15) is 0 Å². The zero-order valence-corrected chi connectivity index (χ0v) is 17.1. The number of nitrogens with one attached hydrogen (secondary N) is 2. The molecule has 1 unspecified atom stereocenters. The summed E-state index contributed by atoms with van der Waals surface area (Å²) in [5, 5.41) is 5.21. The highest BCUT2D eigenvalue weighted by Crippen LogP contribution is 2.18. The molecule has 0 spiro atoms. The van der Waals surface area contributed by atoms with Crippen molar-refractivity contribution < 1.29 is 14.3 Å². The molecule has 0 bridgehead atoms. The minimum Gasteiger partial charge on any atom is -0.377 e. The van der Waals surface area contributed by atoms with Gasteiger partial charge in [0.05, 0.1) is 12.6 Å². The summed E-state index contributed by atoms with van der Waals surface area (Å²) in [6.07, 6.45) is 2.18. The van der Waals surface area contributed by atoms with Crippen molar-refractivity contribution in [1.29, 1.82) is 0 Å². The zero-order valence-electron chi connectivity index (χ0n) is 17.1. The van der Waals surface area contributed by atoms with Gasteiger partial charge in [0, 0.05) is 25.4 Å². The summed E-state index contributed by atoms with van der Waals surface area (Å²) in [5.41, 5.74) is 3.90. The predicted molar refractivity (Wildman–Crippen MR) is 114 cm³/mol. The zero-order chi connectivity index (χ0) is 20.6. The molecule has 2 N–H and O–H groups in total. The van der Waals surface area contributed by atoms with E-state index >= 15 is 0 Å². The highest BCUT2D eigenvalue weighted by molar-refractivity contribution is 6.02. The summed E-state index contributed by atoms with van der Waals surface area (Å²) in [5.74, 6) is -0.332. The number of imide groups is 1. The van der Waals surface area contributed by atoms with Crippen LogP contribution in [0.3, 0.4) is 0 Å². The van der Waals surface area contributed by atoms with Gasteiger partial charge in [-0.05, 0) is 49.4 Å². The van der Waals surface area contributed by atoms with E-state index in [0.717, 1.165) is 36.1 Å². The van der Waals surface area contributed by atoms with Crippen LogP contribution in [-0.4, -0.2) is 42.6 Å². The summed E-state index contributed by atoms with van der Waals surface area (Å²) >= 11 is 0. The second kappa shape index (κ2) is 10.2. The number of aryl methyl sites for hydroxylation is 1. The highest BCUT2D eigenvalue weighted by atomic mass is 16.5. The number of rotatable bonds is 7. The van der Waals surface area contributed by atoms with Gasteiger partial charge >= 0.3 is 6.03 Å². The van der Waals surface area contributed by atoms with Crippen LogP contribution in [0.5, 0.6) is 0 Å². The molecular weight excluding hydrogens is 366 g/mol. The molecule has 6 nitrogen and oxygen atoms in total. The molecule has 3 rings (SSSR count). The lowest BCUT2D eigenvalue weighted by molar-refractivity contribution is -0.121. The maximum atomic E-state index is 12.5. The first-order valence-corrected chi connectivity index (χ1v) is 10.1. The van der Waals surface area contributed by atoms with E-state index in [2.05, 4.69) is 10.6 Å². The lowest BCUT2D eigenvalue weighted by Gasteiger charge is -2.24. The second-order valence-electron chi connectivity index (χ2n) is 7.54. The molecule has 0 aliphatic carbocycles. The summed E-state index contributed by atoms with van der Waals surface area (Å²) in [4.78, 5) is 26.8. The topological polar surface area (TPSA) is 70.7 Å². The molecule has 1 heterocycles. The first-order valence-electron chi connectivity index (χ1n) is 10.1. The number of urea groups is 1. The van der Waals surface area contributed by atoms with Gasteiger partial charge < -0.3 is 10.1 Å². The molecule has 154 valence electrons. The van der Waals surface area contributed by atoms with E-state index in [1.165, 1.54) is 0 Å². The highest BCUT2D eigenvalue weighted by Gasteiger charge is 2.22. The fourth-order valence-electron chi connectivity index (χ4n) is 3.51. The largest absolute Gasteiger partial charge is 0.377 e. The summed E-state index contributed by atoms with van der Waals surface area (Å²) < 4.78 is 5.73. The van der Waals surface area contributed by atoms with Crippen LogP contribution < -0.4 is 10.6 Å². The van der Waals surface area contributed by atoms with E-state index in [9.17, 15) is 9.59 Å². The van der Waals surface area contributed by atoms with E-state index in [1.807, 2.05) is 67.3 Å². The van der Waals surface area contributed by atoms with Gasteiger partial charge in [-0.25, -0.2) is 4.79 Å². The molecule has 1 fully saturated rings. The molecule has 6 heteroatoms. The van der Waals surface area contributed by atoms with Gasteiger partial charge in [0.2, 0.25) is 5.91 Å². The smallest absolute Gasteiger partial charge is 0.325 e. The van der Waals surface area contributed by atoms with Crippen molar-refractivity contribution in [1.82, 2.24) is 10.2 Å². The van der Waals surface area contributed by atoms with Gasteiger partial charge in [0.15, 0.2) is 0 Å². The molecule has 1 saturated heterocycles. The van der Waals surface area contributed by atoms with Crippen molar-refractivity contribution in [3.63, 3.8) is 0 Å². The molecule has 1 aliphatic rings. The normalized spacial score (nSPS) is 16.0. The third kappa shape index (κ3) is 6.41. The monoisotopic (exact) mass is 395 g/mol. The fourth-order valence-corrected chi connectivity index (χ4v) is 3.51. The van der Waals surface area contributed by atoms with Crippen molar-refractivity contribution >= 4 is 17.6 Å². The average molecular weight is 396 g/mol. The van der Waals surface area contributed by atoms with Crippen LogP contribution in [-0.2, 0) is 16.1 Å². The number of benzene rings is 2. The molecular formula is C23H29N3O3. The van der Waals surface area contributed by atoms with Crippen molar-refractivity contribution in [2.75, 3.05) is 25.0 Å². The summed E-state index contributed by atoms with van der Waals surface area (Å²) in [7, 11) is 0. The lowest BCUT2D eigenvalue weighted by atomic mass is 10.1. The second-order valence-corrected chi connectivity index (χ2v) is 7.54. The summed E-state index contributed by atoms with van der Waals surface area (Å²) in [6.45, 7) is 6.13. The third-order valence-electron chi connectivity index (χ3n) is 5.21. The number of nitrogens with zero attached hydrogens (tertiary/aromatic N) is 1. The van der Waals surface area contributed by atoms with Crippen LogP contribution in [0.4, 0.5) is 10.5 Å². The number of carbonyl (C=O) groups is 2. The Morgan fingerprint density at radius 3 is 2.62 bits per heavy atom. The SMILES string of the molecule is Cc1cccc(NC(=O)NC(=O)CN(Cc2ccccc2)CC2CCCO2)c1C. The van der Waals surface area contributed by atoms with Gasteiger partial charge in [-0.15, -0.1) is 0 Å². The number of ether oxygens (including phenoxy) is 1. The van der Waals surface area contributed by atoms with Crippen LogP contribution in [0.2, 0.25) is 0 Å². The molecule has 1 atom stereocenters. The van der Waals surface area contributed by atoms with E-state index < -0.39 is 6.03 Å². The maximum absolute atomic E-state index is 12.5. The molecule has 2 aromatic rings. The maximum Gasteiger partial charge on any atom is 0.325 e. The lowest BCUT2D eigenvalue weighted by Crippen LogP contribution is -2.43. The van der Waals surface area contributed by atoms with Crippen LogP contribution in [0.25, 0.3) is 0 Å². The first-order chi connectivity index (χ1) is 14.0. The Labute approximate surface area is 172 Å². The predicted octanol–water partition coefficient (Wildman–Crippen LogP) is 3.63. The standard InChI is InChI=1S/C23H29N3O3/c1-17-8-6-12-21(18(17)2)24-23(28)25-22(27)16-26(15-20-11-7-13-29-20)14-19-9-4-3-5-10-19/h3-6,8-10,12,20H,7,11,13-16H2,1-2H3,(H2,24,25,27,28). The van der Waals surface area contributed by atoms with Crippen molar-refractivity contribution in [2.24, 2.45) is 0 Å². The summed E-state index contributed by atoms with van der Waals surface area (Å²) in [6, 6.07) is 15.2. The first kappa shape index (κ1) is 21.0. The Morgan fingerprint density at radius 2 is 1.90 bits per heavy atom. The van der Waals surface area contributed by atoms with E-state index in [0.29, 0.717) is 18.8 Å². The Hall–Kier alpha value is -2.70. The Balaban J connectivity index is 1.57. The van der Waals surface area contributed by atoms with Gasteiger partial charge in [0.1, 0.15) is 0 Å². The van der Waals surface area contributed by atoms with Crippen LogP contribution in [0, 0.1) is 13.8 Å². The fraction of sp³-hybridized carbons (Fsp3) is 0.391. The van der Waals surface area contributed by atoms with Crippen LogP contribution >= 0.6 is 0 Å². The van der Waals surface area contributed by atoms with Crippen molar-refractivity contribution in [3.05, 3.63) is 65.2 Å². The molecule has 1 aliphatic heterocycles. The quantitative estimate of drug-likeness (QED) is 0.751. The van der Waals surface area contributed by atoms with Crippen LogP contribution in [0.1, 0.15) is 29.5 Å². The Morgan fingerprint density at radius 1 is 1.10 bits per heavy atom. The number of carbonyl (C=O) groups excluding carboxylic acids is 2. The number of anilines is 1. The van der Waals surface area contributed by atoms with Gasteiger partial charge in [-0.1, -0.05) is 42.5 Å². The third-order valence-corrected chi connectivity index (χ3v) is 5.21. The number of hydrogen-bond donors (Lipinski definition) is 2. The van der Waals surface area contributed by atoms with E-state index in [4.69, 9.17) is 4.74 Å². The molecule has 2 aromatic carbocycles. The minimum absolute atomic E-state index is 0.134. The number of hydrogen-bond acceptors (Lipinski definition) is 4. The van der Waals surface area contributed by atoms with Gasteiger partial charge in [0.25, 0.3) is 0 Å². The Bertz CT molecular complexity index is 833. The van der Waals surface area contributed by atoms with Crippen molar-refractivity contribution in [2.45, 2.75) is 39.3 Å². The van der Waals surface area contributed by atoms with Crippen LogP contribution in [0.15, 0.2) is 48.5 Å². The number of amides is 3. The average Bonchev–Trinajstić information content (AvgIpc) is 3.19. The molecule has 0 saturated carbocycles. The Kier molecular flexibility index (Phi) is 7.38.